The third kappa shape index (κ3) is 14.1. The molecular weight excluding hydrogens is 254 g/mol. The third-order valence-electron chi connectivity index (χ3n) is 1.51. The molecule has 0 amide bonds. The Kier molecular flexibility index (Phi) is 9.28. The van der Waals surface area contributed by atoms with E-state index in [0.29, 0.717) is 30.6 Å². The summed E-state index contributed by atoms with van der Waals surface area (Å²) in [6.45, 7) is 2.71. The number of likely N-dealkylation sites (N-methyl/N-ethyl adjacent to an activating group) is 1. The molecule has 16 heavy (non-hydrogen) atoms. The summed E-state index contributed by atoms with van der Waals surface area (Å²) in [6, 6.07) is 0. The first kappa shape index (κ1) is 16.1. The van der Waals surface area contributed by atoms with Crippen molar-refractivity contribution >= 4 is 19.9 Å². The van der Waals surface area contributed by atoms with E-state index in [1.807, 2.05) is 19.0 Å². The van der Waals surface area contributed by atoms with Crippen LogP contribution in [0.1, 0.15) is 0 Å². The Hall–Kier alpha value is 0.140. The van der Waals surface area contributed by atoms with Crippen LogP contribution in [0.3, 0.4) is 0 Å². The fourth-order valence-corrected chi connectivity index (χ4v) is 2.00. The lowest BCUT2D eigenvalue weighted by molar-refractivity contribution is 0.0483. The quantitative estimate of drug-likeness (QED) is 0.344. The van der Waals surface area contributed by atoms with Crippen LogP contribution in [-0.2, 0) is 18.6 Å². The molecule has 0 aliphatic carbocycles. The maximum atomic E-state index is 10.3. The number of ether oxygens (including phenoxy) is 2. The second kappa shape index (κ2) is 9.20. The summed E-state index contributed by atoms with van der Waals surface area (Å²) >= 11 is 0. The molecule has 0 aromatic rings. The van der Waals surface area contributed by atoms with Gasteiger partial charge in [0.1, 0.15) is 0 Å². The Bertz CT molecular complexity index is 255. The van der Waals surface area contributed by atoms with Gasteiger partial charge in [-0.25, -0.2) is 0 Å². The Balaban J connectivity index is 3.10. The molecule has 6 nitrogen and oxygen atoms in total. The Morgan fingerprint density at radius 3 is 2.19 bits per heavy atom. The molecule has 8 heteroatoms. The lowest BCUT2D eigenvalue weighted by Gasteiger charge is -2.09. The normalized spacial score (nSPS) is 12.2. The summed E-state index contributed by atoms with van der Waals surface area (Å²) in [5.74, 6) is 0.219. The summed E-state index contributed by atoms with van der Waals surface area (Å²) < 4.78 is 39.3. The lowest BCUT2D eigenvalue weighted by Crippen LogP contribution is -2.19. The summed E-state index contributed by atoms with van der Waals surface area (Å²) in [5, 5.41) is 0. The van der Waals surface area contributed by atoms with E-state index in [4.69, 9.17) is 14.0 Å². The zero-order chi connectivity index (χ0) is 12.4. The molecule has 0 aromatic heterocycles. The molecule has 0 saturated carbocycles. The van der Waals surface area contributed by atoms with Crippen LogP contribution < -0.4 is 0 Å². The van der Waals surface area contributed by atoms with Crippen LogP contribution in [0.2, 0.25) is 0 Å². The van der Waals surface area contributed by atoms with Gasteiger partial charge in [-0.2, -0.15) is 8.42 Å². The highest BCUT2D eigenvalue weighted by atomic mass is 33.1. The highest BCUT2D eigenvalue weighted by Crippen LogP contribution is 2.07. The molecule has 0 saturated heterocycles. The van der Waals surface area contributed by atoms with E-state index < -0.39 is 9.15 Å². The van der Waals surface area contributed by atoms with E-state index in [-0.39, 0.29) is 12.4 Å². The lowest BCUT2D eigenvalue weighted by atomic mass is 10.6. The van der Waals surface area contributed by atoms with Crippen molar-refractivity contribution in [3.63, 3.8) is 0 Å². The second-order valence-electron chi connectivity index (χ2n) is 3.28. The summed E-state index contributed by atoms with van der Waals surface area (Å²) in [7, 11) is 0.455. The van der Waals surface area contributed by atoms with Crippen molar-refractivity contribution in [2.24, 2.45) is 0 Å². The number of hydrogen-bond acceptors (Lipinski definition) is 6. The molecule has 0 radical (unpaired) electrons. The average molecular weight is 273 g/mol. The number of nitrogens with zero attached hydrogens (tertiary/aromatic N) is 1. The van der Waals surface area contributed by atoms with Crippen LogP contribution in [0.25, 0.3) is 0 Å². The average Bonchev–Trinajstić information content (AvgIpc) is 2.13. The maximum absolute atomic E-state index is 10.3. The molecule has 0 spiro atoms. The zero-order valence-electron chi connectivity index (χ0n) is 9.59. The molecule has 0 fully saturated rings. The second-order valence-corrected chi connectivity index (χ2v) is 6.75. The number of rotatable bonds is 10. The van der Waals surface area contributed by atoms with Gasteiger partial charge in [-0.05, 0) is 24.9 Å². The highest BCUT2D eigenvalue weighted by molar-refractivity contribution is 8.69. The third-order valence-corrected chi connectivity index (χ3v) is 3.54. The van der Waals surface area contributed by atoms with Crippen LogP contribution in [0.5, 0.6) is 0 Å². The van der Waals surface area contributed by atoms with Gasteiger partial charge in [0.2, 0.25) is 0 Å². The molecule has 0 rings (SSSR count). The topological polar surface area (TPSA) is 76.1 Å². The van der Waals surface area contributed by atoms with Crippen LogP contribution in [0, 0.1) is 0 Å². The molecule has 0 aliphatic rings. The monoisotopic (exact) mass is 273 g/mol. The van der Waals surface area contributed by atoms with Crippen molar-refractivity contribution in [3.05, 3.63) is 0 Å². The molecule has 0 heterocycles. The van der Waals surface area contributed by atoms with Gasteiger partial charge >= 0.3 is 9.15 Å². The molecule has 0 aromatic carbocycles. The van der Waals surface area contributed by atoms with Gasteiger partial charge in [0.05, 0.1) is 26.4 Å². The summed E-state index contributed by atoms with van der Waals surface area (Å²) in [5.41, 5.74) is 0. The number of hydrogen-bond donors (Lipinski definition) is 1. The van der Waals surface area contributed by atoms with E-state index in [2.05, 4.69) is 0 Å². The van der Waals surface area contributed by atoms with Crippen LogP contribution in [-0.4, -0.2) is 70.7 Å². The minimum absolute atomic E-state index is 0.219. The van der Waals surface area contributed by atoms with Crippen LogP contribution in [0.15, 0.2) is 0 Å². The maximum Gasteiger partial charge on any atom is 0.319 e. The minimum Gasteiger partial charge on any atom is -0.378 e. The molecule has 0 atom stereocenters. The van der Waals surface area contributed by atoms with Crippen molar-refractivity contribution in [1.82, 2.24) is 4.90 Å². The highest BCUT2D eigenvalue weighted by Gasteiger charge is 2.03. The Labute approximate surface area is 100 Å². The van der Waals surface area contributed by atoms with Gasteiger partial charge in [-0.1, -0.05) is 0 Å². The molecular formula is C8H19NO5S2. The van der Waals surface area contributed by atoms with Crippen LogP contribution >= 0.6 is 10.8 Å². The van der Waals surface area contributed by atoms with E-state index >= 15 is 0 Å². The zero-order valence-corrected chi connectivity index (χ0v) is 11.2. The standard InChI is InChI=1S/C8H19NO5S2/c1-9(2)3-4-13-5-6-14-7-8-15-16(10,11)12/h3-8H2,1-2H3,(H,10,11,12). The minimum atomic E-state index is -3.94. The van der Waals surface area contributed by atoms with Gasteiger partial charge < -0.3 is 14.4 Å². The molecule has 1 N–H and O–H groups in total. The fourth-order valence-electron chi connectivity index (χ4n) is 0.767. The van der Waals surface area contributed by atoms with Gasteiger partial charge in [0, 0.05) is 12.3 Å². The van der Waals surface area contributed by atoms with E-state index in [9.17, 15) is 8.42 Å². The van der Waals surface area contributed by atoms with E-state index in [1.165, 1.54) is 0 Å². The van der Waals surface area contributed by atoms with Crippen LogP contribution in [0.4, 0.5) is 0 Å². The van der Waals surface area contributed by atoms with E-state index in [1.54, 1.807) is 0 Å². The van der Waals surface area contributed by atoms with E-state index in [0.717, 1.165) is 6.54 Å². The van der Waals surface area contributed by atoms with Gasteiger partial charge in [-0.15, -0.1) is 0 Å². The van der Waals surface area contributed by atoms with Crippen molar-refractivity contribution in [1.29, 1.82) is 0 Å². The predicted molar refractivity (Wildman–Crippen MR) is 64.2 cm³/mol. The van der Waals surface area contributed by atoms with Crippen molar-refractivity contribution in [2.45, 2.75) is 0 Å². The SMILES string of the molecule is CN(C)CCOCCOCCSS(=O)(=O)O. The van der Waals surface area contributed by atoms with Gasteiger partial charge in [0.25, 0.3) is 0 Å². The predicted octanol–water partition coefficient (Wildman–Crippen LogP) is 0.117. The Morgan fingerprint density at radius 2 is 1.69 bits per heavy atom. The van der Waals surface area contributed by atoms with Gasteiger partial charge in [0.15, 0.2) is 0 Å². The largest absolute Gasteiger partial charge is 0.378 e. The fraction of sp³-hybridized carbons (Fsp3) is 1.00. The Morgan fingerprint density at radius 1 is 1.12 bits per heavy atom. The summed E-state index contributed by atoms with van der Waals surface area (Å²) in [6.07, 6.45) is 0. The molecule has 0 unspecified atom stereocenters. The van der Waals surface area contributed by atoms with Crippen molar-refractivity contribution < 1.29 is 22.4 Å². The van der Waals surface area contributed by atoms with Crippen molar-refractivity contribution in [3.8, 4) is 0 Å². The molecule has 98 valence electrons. The summed E-state index contributed by atoms with van der Waals surface area (Å²) in [4.78, 5) is 2.02. The molecule has 0 bridgehead atoms. The first-order chi connectivity index (χ1) is 7.42. The van der Waals surface area contributed by atoms with Crippen molar-refractivity contribution in [2.75, 3.05) is 52.8 Å². The smallest absolute Gasteiger partial charge is 0.319 e. The molecule has 0 aliphatic heterocycles. The van der Waals surface area contributed by atoms with Gasteiger partial charge in [-0.3, -0.25) is 4.55 Å². The first-order valence-electron chi connectivity index (χ1n) is 4.84. The first-order valence-corrected chi connectivity index (χ1v) is 7.78.